The molecule has 0 aliphatic carbocycles. The lowest BCUT2D eigenvalue weighted by Gasteiger charge is -2.24. The minimum atomic E-state index is 0.112. The molecule has 4 heteroatoms. The molecule has 0 saturated heterocycles. The Labute approximate surface area is 103 Å². The van der Waals surface area contributed by atoms with Gasteiger partial charge in [0.1, 0.15) is 0 Å². The third-order valence-electron chi connectivity index (χ3n) is 2.75. The summed E-state index contributed by atoms with van der Waals surface area (Å²) in [5, 5.41) is 3.15. The highest BCUT2D eigenvalue weighted by Gasteiger charge is 2.19. The van der Waals surface area contributed by atoms with Gasteiger partial charge in [-0.2, -0.15) is 0 Å². The zero-order valence-corrected chi connectivity index (χ0v) is 11.0. The number of hydrogen-bond donors (Lipinski definition) is 3. The van der Waals surface area contributed by atoms with E-state index in [1.54, 1.807) is 0 Å². The summed E-state index contributed by atoms with van der Waals surface area (Å²) < 4.78 is 0. The fraction of sp³-hybridized carbons (Fsp3) is 0.462. The fourth-order valence-electron chi connectivity index (χ4n) is 1.15. The lowest BCUT2D eigenvalue weighted by atomic mass is 9.89. The van der Waals surface area contributed by atoms with E-state index in [2.05, 4.69) is 43.4 Å². The first kappa shape index (κ1) is 13.5. The molecule has 1 aromatic carbocycles. The third kappa shape index (κ3) is 4.44. The van der Waals surface area contributed by atoms with Gasteiger partial charge in [0.25, 0.3) is 0 Å². The van der Waals surface area contributed by atoms with Gasteiger partial charge < -0.3 is 5.32 Å². The Morgan fingerprint density at radius 1 is 1.24 bits per heavy atom. The zero-order valence-electron chi connectivity index (χ0n) is 11.0. The second-order valence-corrected chi connectivity index (χ2v) is 5.16. The second-order valence-electron chi connectivity index (χ2n) is 5.16. The van der Waals surface area contributed by atoms with Gasteiger partial charge in [-0.25, -0.2) is 10.8 Å². The van der Waals surface area contributed by atoms with Gasteiger partial charge in [-0.1, -0.05) is 39.0 Å². The van der Waals surface area contributed by atoms with Crippen molar-refractivity contribution >= 4 is 11.6 Å². The first-order chi connectivity index (χ1) is 7.93. The fourth-order valence-corrected chi connectivity index (χ4v) is 1.15. The Kier molecular flexibility index (Phi) is 4.52. The Morgan fingerprint density at radius 3 is 2.29 bits per heavy atom. The maximum absolute atomic E-state index is 5.47. The number of para-hydroxylation sites is 1. The first-order valence-electron chi connectivity index (χ1n) is 5.80. The number of guanidine groups is 1. The molecule has 1 atom stereocenters. The number of nitrogens with two attached hydrogens (primary N) is 1. The minimum absolute atomic E-state index is 0.112. The smallest absolute Gasteiger partial charge is 0.210 e. The van der Waals surface area contributed by atoms with E-state index in [1.165, 1.54) is 0 Å². The molecule has 0 spiro atoms. The van der Waals surface area contributed by atoms with E-state index in [1.807, 2.05) is 30.3 Å². The highest BCUT2D eigenvalue weighted by Crippen LogP contribution is 2.21. The maximum atomic E-state index is 5.47. The van der Waals surface area contributed by atoms with Crippen molar-refractivity contribution in [2.75, 3.05) is 5.32 Å². The SMILES string of the molecule is CC(N=C(NN)Nc1ccccc1)C(C)(C)C. The standard InChI is InChI=1S/C13H22N4/c1-10(13(2,3)4)15-12(17-14)16-11-8-6-5-7-9-11/h5-10H,14H2,1-4H3,(H2,15,16,17). The molecule has 0 bridgehead atoms. The van der Waals surface area contributed by atoms with Crippen LogP contribution in [0.25, 0.3) is 0 Å². The van der Waals surface area contributed by atoms with E-state index >= 15 is 0 Å². The number of nitrogens with zero attached hydrogens (tertiary/aromatic N) is 1. The largest absolute Gasteiger partial charge is 0.325 e. The normalized spacial score (nSPS) is 14.3. The summed E-state index contributed by atoms with van der Waals surface area (Å²) >= 11 is 0. The van der Waals surface area contributed by atoms with Crippen LogP contribution in [0.3, 0.4) is 0 Å². The van der Waals surface area contributed by atoms with Gasteiger partial charge in [0.05, 0.1) is 6.04 Å². The molecule has 0 amide bonds. The van der Waals surface area contributed by atoms with Crippen molar-refractivity contribution in [1.82, 2.24) is 5.43 Å². The van der Waals surface area contributed by atoms with Crippen molar-refractivity contribution in [3.05, 3.63) is 30.3 Å². The Morgan fingerprint density at radius 2 is 1.82 bits per heavy atom. The number of rotatable bonds is 2. The third-order valence-corrected chi connectivity index (χ3v) is 2.75. The van der Waals surface area contributed by atoms with E-state index < -0.39 is 0 Å². The lowest BCUT2D eigenvalue weighted by Crippen LogP contribution is -2.38. The molecule has 0 radical (unpaired) electrons. The van der Waals surface area contributed by atoms with Gasteiger partial charge in [0.15, 0.2) is 0 Å². The van der Waals surface area contributed by atoms with E-state index in [-0.39, 0.29) is 11.5 Å². The Hall–Kier alpha value is -1.55. The van der Waals surface area contributed by atoms with Crippen LogP contribution in [0.5, 0.6) is 0 Å². The van der Waals surface area contributed by atoms with Gasteiger partial charge in [-0.3, -0.25) is 5.43 Å². The molecule has 94 valence electrons. The quantitative estimate of drug-likeness (QED) is 0.318. The van der Waals surface area contributed by atoms with E-state index in [0.29, 0.717) is 5.96 Å². The summed E-state index contributed by atoms with van der Waals surface area (Å²) in [7, 11) is 0. The van der Waals surface area contributed by atoms with Crippen LogP contribution in [0, 0.1) is 5.41 Å². The molecule has 4 nitrogen and oxygen atoms in total. The van der Waals surface area contributed by atoms with Crippen LogP contribution in [0.4, 0.5) is 5.69 Å². The molecule has 17 heavy (non-hydrogen) atoms. The molecule has 0 aromatic heterocycles. The molecule has 1 rings (SSSR count). The summed E-state index contributed by atoms with van der Waals surface area (Å²) in [6, 6.07) is 10.00. The van der Waals surface area contributed by atoms with E-state index in [4.69, 9.17) is 5.84 Å². The minimum Gasteiger partial charge on any atom is -0.325 e. The van der Waals surface area contributed by atoms with Gasteiger partial charge in [0, 0.05) is 5.69 Å². The molecule has 4 N–H and O–H groups in total. The van der Waals surface area contributed by atoms with Crippen molar-refractivity contribution < 1.29 is 0 Å². The van der Waals surface area contributed by atoms with Crippen LogP contribution in [-0.4, -0.2) is 12.0 Å². The van der Waals surface area contributed by atoms with Crippen LogP contribution >= 0.6 is 0 Å². The van der Waals surface area contributed by atoms with Crippen LogP contribution in [-0.2, 0) is 0 Å². The number of benzene rings is 1. The number of hydrazine groups is 1. The summed E-state index contributed by atoms with van der Waals surface area (Å²) in [6.07, 6.45) is 0. The van der Waals surface area contributed by atoms with E-state index in [9.17, 15) is 0 Å². The summed E-state index contributed by atoms with van der Waals surface area (Å²) in [5.74, 6) is 6.05. The number of aliphatic imine (C=N–C) groups is 1. The van der Waals surface area contributed by atoms with Gasteiger partial charge in [-0.05, 0) is 24.5 Å². The van der Waals surface area contributed by atoms with Crippen molar-refractivity contribution in [1.29, 1.82) is 0 Å². The van der Waals surface area contributed by atoms with Gasteiger partial charge in [-0.15, -0.1) is 0 Å². The summed E-state index contributed by atoms with van der Waals surface area (Å²) in [4.78, 5) is 4.53. The summed E-state index contributed by atoms with van der Waals surface area (Å²) in [6.45, 7) is 8.53. The molecular formula is C13H22N4. The number of hydrogen-bond acceptors (Lipinski definition) is 2. The predicted octanol–water partition coefficient (Wildman–Crippen LogP) is 2.35. The molecule has 0 fully saturated rings. The molecule has 0 aliphatic rings. The molecular weight excluding hydrogens is 212 g/mol. The maximum Gasteiger partial charge on any atom is 0.210 e. The second kappa shape index (κ2) is 5.68. The van der Waals surface area contributed by atoms with Crippen molar-refractivity contribution in [3.8, 4) is 0 Å². The highest BCUT2D eigenvalue weighted by molar-refractivity contribution is 5.93. The average Bonchev–Trinajstić information content (AvgIpc) is 2.28. The number of anilines is 1. The topological polar surface area (TPSA) is 62.4 Å². The van der Waals surface area contributed by atoms with Gasteiger partial charge in [0.2, 0.25) is 5.96 Å². The monoisotopic (exact) mass is 234 g/mol. The molecule has 0 saturated carbocycles. The van der Waals surface area contributed by atoms with Crippen molar-refractivity contribution in [2.45, 2.75) is 33.7 Å². The lowest BCUT2D eigenvalue weighted by molar-refractivity contribution is 0.341. The summed E-state index contributed by atoms with van der Waals surface area (Å²) in [5.41, 5.74) is 3.67. The van der Waals surface area contributed by atoms with Crippen molar-refractivity contribution in [3.63, 3.8) is 0 Å². The zero-order chi connectivity index (χ0) is 12.9. The molecule has 1 unspecified atom stereocenters. The van der Waals surface area contributed by atoms with Gasteiger partial charge >= 0.3 is 0 Å². The molecule has 0 heterocycles. The van der Waals surface area contributed by atoms with Crippen LogP contribution in [0.2, 0.25) is 0 Å². The highest BCUT2D eigenvalue weighted by atomic mass is 15.3. The molecule has 1 aromatic rings. The van der Waals surface area contributed by atoms with E-state index in [0.717, 1.165) is 5.69 Å². The van der Waals surface area contributed by atoms with Crippen molar-refractivity contribution in [2.24, 2.45) is 16.3 Å². The molecule has 0 aliphatic heterocycles. The van der Waals surface area contributed by atoms with Crippen LogP contribution in [0.1, 0.15) is 27.7 Å². The van der Waals surface area contributed by atoms with Crippen LogP contribution in [0.15, 0.2) is 35.3 Å². The number of nitrogens with one attached hydrogen (secondary N) is 2. The first-order valence-corrected chi connectivity index (χ1v) is 5.80. The predicted molar refractivity (Wildman–Crippen MR) is 73.7 cm³/mol. The van der Waals surface area contributed by atoms with Crippen LogP contribution < -0.4 is 16.6 Å². The average molecular weight is 234 g/mol. The Balaban J connectivity index is 2.76. The Bertz CT molecular complexity index is 365.